The Balaban J connectivity index is 1.47. The Morgan fingerprint density at radius 1 is 1.35 bits per heavy atom. The highest BCUT2D eigenvalue weighted by Crippen LogP contribution is 2.17. The zero-order valence-electron chi connectivity index (χ0n) is 13.0. The van der Waals surface area contributed by atoms with Gasteiger partial charge in [-0.05, 0) is 55.6 Å². The average molecular weight is 316 g/mol. The van der Waals surface area contributed by atoms with E-state index in [-0.39, 0.29) is 11.7 Å². The van der Waals surface area contributed by atoms with Gasteiger partial charge in [-0.1, -0.05) is 0 Å². The number of carbonyl (C=O) groups excluding carboxylic acids is 1. The van der Waals surface area contributed by atoms with Crippen LogP contribution in [0.4, 0.5) is 4.39 Å². The molecule has 6 heteroatoms. The van der Waals surface area contributed by atoms with E-state index in [0.717, 1.165) is 38.2 Å². The van der Waals surface area contributed by atoms with Gasteiger partial charge in [0.25, 0.3) is 5.91 Å². The molecule has 1 atom stereocenters. The first kappa shape index (κ1) is 15.7. The summed E-state index contributed by atoms with van der Waals surface area (Å²) in [5.74, 6) is -0.0324. The van der Waals surface area contributed by atoms with Gasteiger partial charge >= 0.3 is 0 Å². The van der Waals surface area contributed by atoms with Crippen molar-refractivity contribution < 1.29 is 9.18 Å². The van der Waals surface area contributed by atoms with Crippen molar-refractivity contribution in [3.05, 3.63) is 53.6 Å². The number of nitrogens with zero attached hydrogens (tertiary/aromatic N) is 2. The number of hydrogen-bond acceptors (Lipinski definition) is 3. The van der Waals surface area contributed by atoms with Crippen LogP contribution in [0.15, 0.2) is 36.5 Å². The molecule has 1 aromatic carbocycles. The SMILES string of the molecule is O=C(NC[C@@H]1CCCN(Cc2ccn[nH]2)C1)c1ccc(F)cc1. The number of aromatic nitrogens is 2. The predicted octanol–water partition coefficient (Wildman–Crippen LogP) is 2.19. The van der Waals surface area contributed by atoms with E-state index in [0.29, 0.717) is 18.0 Å². The number of hydrogen-bond donors (Lipinski definition) is 2. The smallest absolute Gasteiger partial charge is 0.251 e. The van der Waals surface area contributed by atoms with Crippen LogP contribution in [0.25, 0.3) is 0 Å². The van der Waals surface area contributed by atoms with E-state index in [1.807, 2.05) is 6.07 Å². The molecule has 0 radical (unpaired) electrons. The number of nitrogens with one attached hydrogen (secondary N) is 2. The van der Waals surface area contributed by atoms with E-state index >= 15 is 0 Å². The fourth-order valence-electron chi connectivity index (χ4n) is 3.02. The molecular weight excluding hydrogens is 295 g/mol. The zero-order valence-corrected chi connectivity index (χ0v) is 13.0. The molecule has 3 rings (SSSR count). The van der Waals surface area contributed by atoms with Crippen molar-refractivity contribution in [2.75, 3.05) is 19.6 Å². The maximum Gasteiger partial charge on any atom is 0.251 e. The van der Waals surface area contributed by atoms with E-state index in [1.54, 1.807) is 6.20 Å². The maximum atomic E-state index is 12.9. The van der Waals surface area contributed by atoms with Crippen molar-refractivity contribution in [3.8, 4) is 0 Å². The lowest BCUT2D eigenvalue weighted by atomic mass is 9.97. The van der Waals surface area contributed by atoms with Gasteiger partial charge in [0.05, 0.1) is 0 Å². The predicted molar refractivity (Wildman–Crippen MR) is 85.3 cm³/mol. The molecule has 5 nitrogen and oxygen atoms in total. The summed E-state index contributed by atoms with van der Waals surface area (Å²) in [4.78, 5) is 14.5. The van der Waals surface area contributed by atoms with Gasteiger partial charge in [0.15, 0.2) is 0 Å². The molecular formula is C17H21FN4O. The van der Waals surface area contributed by atoms with Crippen molar-refractivity contribution in [1.29, 1.82) is 0 Å². The summed E-state index contributed by atoms with van der Waals surface area (Å²) in [6.45, 7) is 3.54. The number of piperidine rings is 1. The zero-order chi connectivity index (χ0) is 16.1. The first-order chi connectivity index (χ1) is 11.2. The quantitative estimate of drug-likeness (QED) is 0.889. The third-order valence-electron chi connectivity index (χ3n) is 4.21. The Bertz CT molecular complexity index is 627. The largest absolute Gasteiger partial charge is 0.352 e. The Morgan fingerprint density at radius 3 is 2.91 bits per heavy atom. The van der Waals surface area contributed by atoms with Gasteiger partial charge in [0, 0.05) is 37.1 Å². The summed E-state index contributed by atoms with van der Waals surface area (Å²) in [5, 5.41) is 9.91. The van der Waals surface area contributed by atoms with Gasteiger partial charge < -0.3 is 5.32 Å². The number of amides is 1. The molecule has 0 aliphatic carbocycles. The first-order valence-corrected chi connectivity index (χ1v) is 7.95. The summed E-state index contributed by atoms with van der Waals surface area (Å²) in [5.41, 5.74) is 1.61. The van der Waals surface area contributed by atoms with Crippen molar-refractivity contribution >= 4 is 5.91 Å². The third-order valence-corrected chi connectivity index (χ3v) is 4.21. The number of likely N-dealkylation sites (tertiary alicyclic amines) is 1. The van der Waals surface area contributed by atoms with E-state index in [9.17, 15) is 9.18 Å². The molecule has 0 unspecified atom stereocenters. The molecule has 23 heavy (non-hydrogen) atoms. The first-order valence-electron chi connectivity index (χ1n) is 7.95. The highest BCUT2D eigenvalue weighted by Gasteiger charge is 2.21. The van der Waals surface area contributed by atoms with Gasteiger partial charge in [0.1, 0.15) is 5.82 Å². The molecule has 2 aromatic rings. The molecule has 1 amide bonds. The fourth-order valence-corrected chi connectivity index (χ4v) is 3.02. The summed E-state index contributed by atoms with van der Waals surface area (Å²) in [6.07, 6.45) is 4.01. The van der Waals surface area contributed by atoms with Crippen LogP contribution in [0.5, 0.6) is 0 Å². The van der Waals surface area contributed by atoms with E-state index < -0.39 is 0 Å². The summed E-state index contributed by atoms with van der Waals surface area (Å²) in [7, 11) is 0. The minimum atomic E-state index is -0.330. The minimum Gasteiger partial charge on any atom is -0.352 e. The van der Waals surface area contributed by atoms with E-state index in [1.165, 1.54) is 24.3 Å². The van der Waals surface area contributed by atoms with Crippen LogP contribution < -0.4 is 5.32 Å². The lowest BCUT2D eigenvalue weighted by Gasteiger charge is -2.32. The van der Waals surface area contributed by atoms with Crippen molar-refractivity contribution in [1.82, 2.24) is 20.4 Å². The highest BCUT2D eigenvalue weighted by atomic mass is 19.1. The number of rotatable bonds is 5. The standard InChI is InChI=1S/C17H21FN4O/c18-15-5-3-14(4-6-15)17(23)19-10-13-2-1-9-22(11-13)12-16-7-8-20-21-16/h3-8,13H,1-2,9-12H2,(H,19,23)(H,20,21)/t13-/m0/s1. The second kappa shape index (κ2) is 7.37. The maximum absolute atomic E-state index is 12.9. The second-order valence-corrected chi connectivity index (χ2v) is 6.04. The minimum absolute atomic E-state index is 0.143. The van der Waals surface area contributed by atoms with Crippen LogP contribution in [0.3, 0.4) is 0 Å². The Kier molecular flexibility index (Phi) is 5.02. The van der Waals surface area contributed by atoms with Crippen molar-refractivity contribution in [2.45, 2.75) is 19.4 Å². The number of benzene rings is 1. The van der Waals surface area contributed by atoms with Crippen molar-refractivity contribution in [3.63, 3.8) is 0 Å². The lowest BCUT2D eigenvalue weighted by Crippen LogP contribution is -2.40. The number of carbonyl (C=O) groups is 1. The van der Waals surface area contributed by atoms with Gasteiger partial charge in [-0.25, -0.2) is 4.39 Å². The monoisotopic (exact) mass is 316 g/mol. The molecule has 1 fully saturated rings. The number of H-pyrrole nitrogens is 1. The van der Waals surface area contributed by atoms with Gasteiger partial charge in [-0.3, -0.25) is 14.8 Å². The third kappa shape index (κ3) is 4.39. The molecule has 2 heterocycles. The van der Waals surface area contributed by atoms with Crippen LogP contribution in [0, 0.1) is 11.7 Å². The van der Waals surface area contributed by atoms with Gasteiger partial charge in [-0.2, -0.15) is 5.10 Å². The molecule has 122 valence electrons. The number of aromatic amines is 1. The van der Waals surface area contributed by atoms with Crippen LogP contribution in [-0.4, -0.2) is 40.6 Å². The molecule has 0 spiro atoms. The molecule has 1 saturated heterocycles. The van der Waals surface area contributed by atoms with Crippen LogP contribution in [0.1, 0.15) is 28.9 Å². The molecule has 1 aromatic heterocycles. The van der Waals surface area contributed by atoms with Crippen LogP contribution in [-0.2, 0) is 6.54 Å². The molecule has 0 saturated carbocycles. The van der Waals surface area contributed by atoms with E-state index in [2.05, 4.69) is 20.4 Å². The van der Waals surface area contributed by atoms with Gasteiger partial charge in [-0.15, -0.1) is 0 Å². The highest BCUT2D eigenvalue weighted by molar-refractivity contribution is 5.94. The lowest BCUT2D eigenvalue weighted by molar-refractivity contribution is 0.0930. The summed E-state index contributed by atoms with van der Waals surface area (Å²) < 4.78 is 12.9. The summed E-state index contributed by atoms with van der Waals surface area (Å²) in [6, 6.07) is 7.62. The van der Waals surface area contributed by atoms with Crippen LogP contribution in [0.2, 0.25) is 0 Å². The normalized spacial score (nSPS) is 18.7. The summed E-state index contributed by atoms with van der Waals surface area (Å²) >= 11 is 0. The Labute approximate surface area is 134 Å². The fraction of sp³-hybridized carbons (Fsp3) is 0.412. The molecule has 1 aliphatic heterocycles. The molecule has 0 bridgehead atoms. The van der Waals surface area contributed by atoms with Crippen molar-refractivity contribution in [2.24, 2.45) is 5.92 Å². The van der Waals surface area contributed by atoms with Crippen LogP contribution >= 0.6 is 0 Å². The van der Waals surface area contributed by atoms with Gasteiger partial charge in [0.2, 0.25) is 0 Å². The molecule has 2 N–H and O–H groups in total. The average Bonchev–Trinajstić information content (AvgIpc) is 3.07. The second-order valence-electron chi connectivity index (χ2n) is 6.04. The Morgan fingerprint density at radius 2 is 2.17 bits per heavy atom. The number of halogens is 1. The molecule has 1 aliphatic rings. The topological polar surface area (TPSA) is 61.0 Å². The Hall–Kier alpha value is -2.21. The van der Waals surface area contributed by atoms with E-state index in [4.69, 9.17) is 0 Å².